The highest BCUT2D eigenvalue weighted by Gasteiger charge is 2.27. The highest BCUT2D eigenvalue weighted by atomic mass is 32.2. The second-order valence-corrected chi connectivity index (χ2v) is 13.2. The first-order valence-corrected chi connectivity index (χ1v) is 16.4. The van der Waals surface area contributed by atoms with Crippen LogP contribution in [0.3, 0.4) is 0 Å². The Kier molecular flexibility index (Phi) is 8.74. The monoisotopic (exact) mass is 687 g/mol. The number of sulfonamides is 1. The Balaban J connectivity index is 1.24. The lowest BCUT2D eigenvalue weighted by Gasteiger charge is -2.31. The zero-order valence-corrected chi connectivity index (χ0v) is 26.3. The average Bonchev–Trinajstić information content (AvgIpc) is 3.61. The Labute approximate surface area is 271 Å². The summed E-state index contributed by atoms with van der Waals surface area (Å²) in [6, 6.07) is 8.93. The van der Waals surface area contributed by atoms with E-state index >= 15 is 0 Å². The fourth-order valence-corrected chi connectivity index (χ4v) is 6.37. The van der Waals surface area contributed by atoms with Gasteiger partial charge >= 0.3 is 6.61 Å². The Morgan fingerprint density at radius 2 is 1.81 bits per heavy atom. The molecule has 0 atom stereocenters. The van der Waals surface area contributed by atoms with Crippen molar-refractivity contribution in [2.45, 2.75) is 32.4 Å². The number of aromatic nitrogens is 4. The predicted octanol–water partition coefficient (Wildman–Crippen LogP) is 5.38. The summed E-state index contributed by atoms with van der Waals surface area (Å²) in [5.74, 6) is -3.17. The molecule has 1 aliphatic heterocycles. The van der Waals surface area contributed by atoms with Gasteiger partial charge in [0.25, 0.3) is 0 Å². The third kappa shape index (κ3) is 6.64. The molecule has 0 spiro atoms. The van der Waals surface area contributed by atoms with Crippen molar-refractivity contribution in [3.63, 3.8) is 0 Å². The number of carbonyl (C=O) groups is 1. The SMILES string of the molecule is Cc1cc(Oc2c(F)cccc2F)ncc1-n1ncc(C(=O)c2cc3cc(OC(F)F)c(NC4CCN(S(C)(=O)=O)CC4)cc3[nH]2)c1N. The number of nitrogen functional groups attached to an aromatic ring is 1. The van der Waals surface area contributed by atoms with E-state index in [1.165, 1.54) is 45.6 Å². The van der Waals surface area contributed by atoms with Crippen molar-refractivity contribution >= 4 is 38.2 Å². The number of rotatable bonds is 10. The van der Waals surface area contributed by atoms with E-state index in [0.29, 0.717) is 35.0 Å². The standard InChI is InChI=1S/C31H29F4N7O5S/c1-16-10-27(47-29-20(32)4-3-5-21(29)33)37-15-25(16)42-30(36)19(14-38-42)28(43)24-11-17-12-26(46-31(34)35)23(13-22(17)40-24)39-18-6-8-41(9-7-18)48(2,44)45/h3-5,10-15,18,31,39-40H,6-9,36H2,1-2H3. The van der Waals surface area contributed by atoms with Crippen LogP contribution in [0.4, 0.5) is 29.1 Å². The van der Waals surface area contributed by atoms with Crippen LogP contribution in [-0.4, -0.2) is 70.3 Å². The Morgan fingerprint density at radius 3 is 2.46 bits per heavy atom. The number of piperidine rings is 1. The molecular formula is C31H29F4N7O5S. The second-order valence-electron chi connectivity index (χ2n) is 11.2. The molecule has 48 heavy (non-hydrogen) atoms. The molecule has 17 heteroatoms. The molecule has 1 fully saturated rings. The van der Waals surface area contributed by atoms with Crippen molar-refractivity contribution in [3.8, 4) is 23.1 Å². The van der Waals surface area contributed by atoms with Crippen LogP contribution in [0, 0.1) is 18.6 Å². The van der Waals surface area contributed by atoms with E-state index in [-0.39, 0.29) is 53.5 Å². The minimum Gasteiger partial charge on any atom is -0.433 e. The van der Waals surface area contributed by atoms with Gasteiger partial charge in [0.15, 0.2) is 11.6 Å². The quantitative estimate of drug-likeness (QED) is 0.130. The van der Waals surface area contributed by atoms with Gasteiger partial charge in [-0.2, -0.15) is 13.9 Å². The molecule has 0 bridgehead atoms. The van der Waals surface area contributed by atoms with Crippen LogP contribution in [0.2, 0.25) is 0 Å². The lowest BCUT2D eigenvalue weighted by molar-refractivity contribution is -0.0493. The number of para-hydroxylation sites is 1. The topological polar surface area (TPSA) is 157 Å². The van der Waals surface area contributed by atoms with Crippen molar-refractivity contribution in [2.75, 3.05) is 30.4 Å². The first-order chi connectivity index (χ1) is 22.8. The number of nitrogens with two attached hydrogens (primary N) is 1. The van der Waals surface area contributed by atoms with Crippen molar-refractivity contribution in [3.05, 3.63) is 83.3 Å². The molecule has 252 valence electrons. The maximum atomic E-state index is 14.0. The molecule has 3 aromatic heterocycles. The fraction of sp³-hybridized carbons (Fsp3) is 0.258. The van der Waals surface area contributed by atoms with E-state index in [4.69, 9.17) is 15.2 Å². The van der Waals surface area contributed by atoms with Crippen LogP contribution in [0.15, 0.2) is 54.9 Å². The summed E-state index contributed by atoms with van der Waals surface area (Å²) in [6.07, 6.45) is 4.63. The van der Waals surface area contributed by atoms with Crippen LogP contribution in [-0.2, 0) is 10.0 Å². The molecule has 0 saturated carbocycles. The van der Waals surface area contributed by atoms with E-state index in [2.05, 4.69) is 20.4 Å². The van der Waals surface area contributed by atoms with Gasteiger partial charge in [-0.3, -0.25) is 4.79 Å². The molecule has 12 nitrogen and oxygen atoms in total. The van der Waals surface area contributed by atoms with Gasteiger partial charge in [-0.05, 0) is 55.7 Å². The van der Waals surface area contributed by atoms with Crippen LogP contribution in [0.25, 0.3) is 16.6 Å². The normalized spacial score (nSPS) is 14.5. The van der Waals surface area contributed by atoms with E-state index in [9.17, 15) is 30.8 Å². The van der Waals surface area contributed by atoms with E-state index in [0.717, 1.165) is 18.4 Å². The molecule has 6 rings (SSSR count). The maximum absolute atomic E-state index is 14.0. The smallest absolute Gasteiger partial charge is 0.387 e. The summed E-state index contributed by atoms with van der Waals surface area (Å²) in [7, 11) is -3.34. The molecule has 4 heterocycles. The minimum absolute atomic E-state index is 0.0260. The summed E-state index contributed by atoms with van der Waals surface area (Å²) in [4.78, 5) is 20.7. The van der Waals surface area contributed by atoms with Gasteiger partial charge in [-0.25, -0.2) is 31.2 Å². The molecule has 0 amide bonds. The van der Waals surface area contributed by atoms with Gasteiger partial charge in [0.2, 0.25) is 27.4 Å². The average molecular weight is 688 g/mol. The summed E-state index contributed by atoms with van der Waals surface area (Å²) in [5, 5.41) is 7.83. The number of aromatic amines is 1. The number of ether oxygens (including phenoxy) is 2. The number of pyridine rings is 1. The zero-order chi connectivity index (χ0) is 34.3. The van der Waals surface area contributed by atoms with E-state index in [1.807, 2.05) is 0 Å². The number of fused-ring (bicyclic) bond motifs is 1. The lowest BCUT2D eigenvalue weighted by atomic mass is 10.1. The fourth-order valence-electron chi connectivity index (χ4n) is 5.50. The highest BCUT2D eigenvalue weighted by Crippen LogP contribution is 2.35. The number of H-pyrrole nitrogens is 1. The minimum atomic E-state index is -3.34. The third-order valence-electron chi connectivity index (χ3n) is 7.93. The molecule has 5 aromatic rings. The summed E-state index contributed by atoms with van der Waals surface area (Å²) >= 11 is 0. The highest BCUT2D eigenvalue weighted by molar-refractivity contribution is 7.88. The lowest BCUT2D eigenvalue weighted by Crippen LogP contribution is -2.41. The van der Waals surface area contributed by atoms with E-state index in [1.54, 1.807) is 13.0 Å². The number of alkyl halides is 2. The van der Waals surface area contributed by atoms with Crippen molar-refractivity contribution < 1.29 is 40.2 Å². The molecule has 1 aliphatic rings. The number of nitrogens with zero attached hydrogens (tertiary/aromatic N) is 4. The molecule has 2 aromatic carbocycles. The summed E-state index contributed by atoms with van der Waals surface area (Å²) < 4.78 is 91.2. The number of ketones is 1. The number of aryl methyl sites for hydroxylation is 1. The van der Waals surface area contributed by atoms with Crippen LogP contribution >= 0.6 is 0 Å². The number of carbonyl (C=O) groups excluding carboxylic acids is 1. The Hall–Kier alpha value is -5.16. The van der Waals surface area contributed by atoms with Gasteiger partial charge < -0.3 is 25.5 Å². The number of hydrogen-bond donors (Lipinski definition) is 3. The second kappa shape index (κ2) is 12.8. The molecule has 0 unspecified atom stereocenters. The van der Waals surface area contributed by atoms with Crippen molar-refractivity contribution in [1.82, 2.24) is 24.1 Å². The third-order valence-corrected chi connectivity index (χ3v) is 9.23. The number of halogens is 4. The molecule has 0 aliphatic carbocycles. The van der Waals surface area contributed by atoms with E-state index < -0.39 is 39.8 Å². The van der Waals surface area contributed by atoms with Crippen LogP contribution in [0.1, 0.15) is 34.5 Å². The van der Waals surface area contributed by atoms with Gasteiger partial charge in [0.1, 0.15) is 11.6 Å². The zero-order valence-electron chi connectivity index (χ0n) is 25.5. The summed E-state index contributed by atoms with van der Waals surface area (Å²) in [5.41, 5.74) is 8.06. The molecule has 1 saturated heterocycles. The Morgan fingerprint density at radius 1 is 1.10 bits per heavy atom. The van der Waals surface area contributed by atoms with Gasteiger partial charge in [-0.15, -0.1) is 0 Å². The first-order valence-electron chi connectivity index (χ1n) is 14.6. The molecule has 4 N–H and O–H groups in total. The summed E-state index contributed by atoms with van der Waals surface area (Å²) in [6.45, 7) is -0.885. The van der Waals surface area contributed by atoms with Gasteiger partial charge in [-0.1, -0.05) is 6.07 Å². The van der Waals surface area contributed by atoms with Crippen molar-refractivity contribution in [1.29, 1.82) is 0 Å². The van der Waals surface area contributed by atoms with Crippen LogP contribution < -0.4 is 20.5 Å². The number of benzene rings is 2. The first kappa shape index (κ1) is 32.8. The van der Waals surface area contributed by atoms with Crippen LogP contribution in [0.5, 0.6) is 17.4 Å². The number of anilines is 2. The molecular weight excluding hydrogens is 658 g/mol. The van der Waals surface area contributed by atoms with Crippen molar-refractivity contribution in [2.24, 2.45) is 0 Å². The number of hydrogen-bond acceptors (Lipinski definition) is 9. The van der Waals surface area contributed by atoms with Gasteiger partial charge in [0, 0.05) is 36.1 Å². The molecule has 0 radical (unpaired) electrons. The largest absolute Gasteiger partial charge is 0.433 e. The Bertz CT molecular complexity index is 2110. The number of nitrogens with one attached hydrogen (secondary N) is 2. The predicted molar refractivity (Wildman–Crippen MR) is 168 cm³/mol. The van der Waals surface area contributed by atoms with Gasteiger partial charge in [0.05, 0.1) is 41.3 Å². The maximum Gasteiger partial charge on any atom is 0.387 e.